The number of aromatic nitrogens is 2. The molecule has 0 saturated carbocycles. The van der Waals surface area contributed by atoms with Crippen LogP contribution in [0.15, 0.2) is 54.6 Å². The maximum Gasteiger partial charge on any atom is 0.274 e. The minimum atomic E-state index is -0.280. The predicted octanol–water partition coefficient (Wildman–Crippen LogP) is 4.88. The van der Waals surface area contributed by atoms with Crippen molar-refractivity contribution in [2.75, 3.05) is 10.6 Å². The fraction of sp³-hybridized carbons (Fsp3) is 0.227. The second-order valence-corrected chi connectivity index (χ2v) is 6.85. The zero-order valence-corrected chi connectivity index (χ0v) is 16.5. The molecular formula is C22H24N4O2. The molecule has 2 N–H and O–H groups in total. The van der Waals surface area contributed by atoms with Crippen LogP contribution in [0.25, 0.3) is 0 Å². The lowest BCUT2D eigenvalue weighted by Crippen LogP contribution is -2.15. The Kier molecular flexibility index (Phi) is 5.89. The summed E-state index contributed by atoms with van der Waals surface area (Å²) in [5.41, 5.74) is 3.67. The predicted molar refractivity (Wildman–Crippen MR) is 111 cm³/mol. The van der Waals surface area contributed by atoms with Crippen LogP contribution in [-0.4, -0.2) is 22.0 Å². The summed E-state index contributed by atoms with van der Waals surface area (Å²) in [5.74, 6) is 0.883. The van der Waals surface area contributed by atoms with Crippen molar-refractivity contribution in [2.45, 2.75) is 33.8 Å². The molecule has 0 aliphatic rings. The quantitative estimate of drug-likeness (QED) is 0.641. The molecule has 0 fully saturated rings. The van der Waals surface area contributed by atoms with E-state index in [1.165, 1.54) is 0 Å². The summed E-state index contributed by atoms with van der Waals surface area (Å²) >= 11 is 0. The first-order valence-electron chi connectivity index (χ1n) is 9.16. The molecule has 0 bridgehead atoms. The van der Waals surface area contributed by atoms with Crippen molar-refractivity contribution in [2.24, 2.45) is 0 Å². The van der Waals surface area contributed by atoms with E-state index in [1.54, 1.807) is 6.07 Å². The topological polar surface area (TPSA) is 76.1 Å². The normalized spacial score (nSPS) is 10.6. The smallest absolute Gasteiger partial charge is 0.274 e. The lowest BCUT2D eigenvalue weighted by molar-refractivity contribution is 0.102. The number of nitrogens with zero attached hydrogens (tertiary/aromatic N) is 2. The van der Waals surface area contributed by atoms with Crippen molar-refractivity contribution in [3.63, 3.8) is 0 Å². The molecule has 1 aromatic heterocycles. The van der Waals surface area contributed by atoms with Gasteiger partial charge in [-0.2, -0.15) is 0 Å². The third-order valence-electron chi connectivity index (χ3n) is 3.88. The van der Waals surface area contributed by atoms with Crippen molar-refractivity contribution in [3.8, 4) is 5.75 Å². The average molecular weight is 376 g/mol. The number of ether oxygens (including phenoxy) is 1. The van der Waals surface area contributed by atoms with E-state index in [1.807, 2.05) is 76.2 Å². The van der Waals surface area contributed by atoms with E-state index < -0.39 is 0 Å². The molecule has 144 valence electrons. The molecule has 0 spiro atoms. The number of aryl methyl sites for hydroxylation is 2. The first kappa shape index (κ1) is 19.4. The third kappa shape index (κ3) is 5.30. The van der Waals surface area contributed by atoms with Crippen LogP contribution in [0, 0.1) is 13.8 Å². The van der Waals surface area contributed by atoms with E-state index in [9.17, 15) is 4.79 Å². The number of rotatable bonds is 6. The molecule has 0 aliphatic heterocycles. The largest absolute Gasteiger partial charge is 0.491 e. The van der Waals surface area contributed by atoms with Gasteiger partial charge in [0.15, 0.2) is 0 Å². The molecule has 1 amide bonds. The molecule has 6 nitrogen and oxygen atoms in total. The molecule has 2 aromatic carbocycles. The number of nitrogens with one attached hydrogen (secondary N) is 2. The van der Waals surface area contributed by atoms with Gasteiger partial charge in [0.1, 0.15) is 11.4 Å². The van der Waals surface area contributed by atoms with Gasteiger partial charge in [0.25, 0.3) is 5.91 Å². The minimum absolute atomic E-state index is 0.119. The van der Waals surface area contributed by atoms with Gasteiger partial charge in [-0.3, -0.25) is 4.79 Å². The van der Waals surface area contributed by atoms with Gasteiger partial charge < -0.3 is 15.4 Å². The van der Waals surface area contributed by atoms with Crippen LogP contribution in [0.2, 0.25) is 0 Å². The molecule has 28 heavy (non-hydrogen) atoms. The van der Waals surface area contributed by atoms with Crippen LogP contribution in [0.5, 0.6) is 5.75 Å². The summed E-state index contributed by atoms with van der Waals surface area (Å²) in [4.78, 5) is 21.3. The van der Waals surface area contributed by atoms with E-state index >= 15 is 0 Å². The Morgan fingerprint density at radius 3 is 2.21 bits per heavy atom. The molecular weight excluding hydrogens is 352 g/mol. The SMILES string of the molecule is Cc1ccc(NC(=O)c2cc(C)nc(Nc3ccc(OC(C)C)cc3)n2)cc1. The minimum Gasteiger partial charge on any atom is -0.491 e. The number of anilines is 3. The Labute approximate surface area is 165 Å². The van der Waals surface area contributed by atoms with Gasteiger partial charge in [-0.1, -0.05) is 17.7 Å². The standard InChI is InChI=1S/C22H24N4O2/c1-14(2)28-19-11-9-18(10-12-19)25-22-23-16(4)13-20(26-22)21(27)24-17-7-5-15(3)6-8-17/h5-14H,1-4H3,(H,24,27)(H,23,25,26). The highest BCUT2D eigenvalue weighted by molar-refractivity contribution is 6.03. The lowest BCUT2D eigenvalue weighted by Gasteiger charge is -2.11. The second kappa shape index (κ2) is 8.52. The van der Waals surface area contributed by atoms with Gasteiger partial charge in [0.2, 0.25) is 5.95 Å². The van der Waals surface area contributed by atoms with Gasteiger partial charge >= 0.3 is 0 Å². The zero-order chi connectivity index (χ0) is 20.1. The third-order valence-corrected chi connectivity index (χ3v) is 3.88. The van der Waals surface area contributed by atoms with Crippen LogP contribution in [-0.2, 0) is 0 Å². The van der Waals surface area contributed by atoms with Gasteiger partial charge in [0, 0.05) is 17.1 Å². The highest BCUT2D eigenvalue weighted by atomic mass is 16.5. The van der Waals surface area contributed by atoms with Gasteiger partial charge in [-0.15, -0.1) is 0 Å². The number of hydrogen-bond donors (Lipinski definition) is 2. The summed E-state index contributed by atoms with van der Waals surface area (Å²) in [7, 11) is 0. The summed E-state index contributed by atoms with van der Waals surface area (Å²) in [5, 5.41) is 5.99. The fourth-order valence-electron chi connectivity index (χ4n) is 2.59. The molecule has 0 aliphatic carbocycles. The Hall–Kier alpha value is -3.41. The summed E-state index contributed by atoms with van der Waals surface area (Å²) in [6.07, 6.45) is 0.119. The van der Waals surface area contributed by atoms with E-state index in [0.29, 0.717) is 17.3 Å². The molecule has 3 rings (SSSR count). The second-order valence-electron chi connectivity index (χ2n) is 6.85. The van der Waals surface area contributed by atoms with Crippen molar-refractivity contribution in [1.29, 1.82) is 0 Å². The van der Waals surface area contributed by atoms with E-state index in [4.69, 9.17) is 4.74 Å². The van der Waals surface area contributed by atoms with Gasteiger partial charge in [-0.05, 0) is 70.2 Å². The van der Waals surface area contributed by atoms with E-state index in [0.717, 1.165) is 22.7 Å². The Bertz CT molecular complexity index is 951. The summed E-state index contributed by atoms with van der Waals surface area (Å²) in [6, 6.07) is 16.8. The first-order chi connectivity index (χ1) is 13.4. The number of benzene rings is 2. The molecule has 0 radical (unpaired) electrons. The van der Waals surface area contributed by atoms with Crippen LogP contribution in [0.1, 0.15) is 35.6 Å². The summed E-state index contributed by atoms with van der Waals surface area (Å²) in [6.45, 7) is 7.79. The fourth-order valence-corrected chi connectivity index (χ4v) is 2.59. The van der Waals surface area contributed by atoms with Crippen LogP contribution >= 0.6 is 0 Å². The highest BCUT2D eigenvalue weighted by Crippen LogP contribution is 2.20. The maximum absolute atomic E-state index is 12.6. The van der Waals surface area contributed by atoms with Crippen molar-refractivity contribution >= 4 is 23.2 Å². The average Bonchev–Trinajstić information content (AvgIpc) is 2.64. The maximum atomic E-state index is 12.6. The molecule has 0 unspecified atom stereocenters. The number of amides is 1. The van der Waals surface area contributed by atoms with Crippen molar-refractivity contribution in [1.82, 2.24) is 9.97 Å². The van der Waals surface area contributed by atoms with Crippen LogP contribution in [0.3, 0.4) is 0 Å². The number of carbonyl (C=O) groups is 1. The van der Waals surface area contributed by atoms with Gasteiger partial charge in [-0.25, -0.2) is 9.97 Å². The molecule has 0 saturated heterocycles. The van der Waals surface area contributed by atoms with Crippen LogP contribution in [0.4, 0.5) is 17.3 Å². The van der Waals surface area contributed by atoms with Gasteiger partial charge in [0.05, 0.1) is 6.10 Å². The Balaban J connectivity index is 1.73. The van der Waals surface area contributed by atoms with Crippen LogP contribution < -0.4 is 15.4 Å². The number of hydrogen-bond acceptors (Lipinski definition) is 5. The molecule has 3 aromatic rings. The Morgan fingerprint density at radius 1 is 0.929 bits per heavy atom. The zero-order valence-electron chi connectivity index (χ0n) is 16.5. The van der Waals surface area contributed by atoms with Crippen molar-refractivity contribution in [3.05, 3.63) is 71.5 Å². The lowest BCUT2D eigenvalue weighted by atomic mass is 10.2. The van der Waals surface area contributed by atoms with E-state index in [2.05, 4.69) is 20.6 Å². The highest BCUT2D eigenvalue weighted by Gasteiger charge is 2.11. The molecule has 1 heterocycles. The number of carbonyl (C=O) groups excluding carboxylic acids is 1. The van der Waals surface area contributed by atoms with E-state index in [-0.39, 0.29) is 12.0 Å². The van der Waals surface area contributed by atoms with Crippen molar-refractivity contribution < 1.29 is 9.53 Å². The molecule has 6 heteroatoms. The summed E-state index contributed by atoms with van der Waals surface area (Å²) < 4.78 is 5.64. The monoisotopic (exact) mass is 376 g/mol. The Morgan fingerprint density at radius 2 is 1.57 bits per heavy atom. The first-order valence-corrected chi connectivity index (χ1v) is 9.16. The molecule has 0 atom stereocenters.